The zero-order valence-electron chi connectivity index (χ0n) is 11.7. The van der Waals surface area contributed by atoms with E-state index in [0.717, 1.165) is 42.0 Å². The summed E-state index contributed by atoms with van der Waals surface area (Å²) in [6.45, 7) is 0. The Morgan fingerprint density at radius 2 is 2.14 bits per heavy atom. The number of nitrogens with one attached hydrogen (secondary N) is 1. The first-order chi connectivity index (χ1) is 9.65. The van der Waals surface area contributed by atoms with E-state index in [-0.39, 0.29) is 36.3 Å². The molecule has 1 aromatic rings. The Morgan fingerprint density at radius 1 is 1.33 bits per heavy atom. The lowest BCUT2D eigenvalue weighted by molar-refractivity contribution is -0.126. The van der Waals surface area contributed by atoms with E-state index in [1.54, 1.807) is 0 Å². The third kappa shape index (κ3) is 3.67. The first-order valence-corrected chi connectivity index (χ1v) is 8.49. The number of nitrogens with two attached hydrogens (primary N) is 1. The average molecular weight is 347 g/mol. The van der Waals surface area contributed by atoms with Gasteiger partial charge in [0.1, 0.15) is 0 Å². The highest BCUT2D eigenvalue weighted by atomic mass is 35.5. The zero-order chi connectivity index (χ0) is 14.1. The van der Waals surface area contributed by atoms with Crippen LogP contribution in [0.2, 0.25) is 5.02 Å². The van der Waals surface area contributed by atoms with Gasteiger partial charge < -0.3 is 11.1 Å². The highest BCUT2D eigenvalue weighted by Gasteiger charge is 2.32. The van der Waals surface area contributed by atoms with Crippen molar-refractivity contribution in [2.24, 2.45) is 11.7 Å². The molecule has 2 aliphatic rings. The summed E-state index contributed by atoms with van der Waals surface area (Å²) in [4.78, 5) is 13.6. The van der Waals surface area contributed by atoms with Gasteiger partial charge in [0.05, 0.1) is 12.0 Å². The molecular formula is C15H20Cl2N2OS. The minimum atomic E-state index is -0.0211. The fourth-order valence-electron chi connectivity index (χ4n) is 3.11. The van der Waals surface area contributed by atoms with Gasteiger partial charge in [-0.15, -0.1) is 24.2 Å². The molecule has 0 radical (unpaired) electrons. The highest BCUT2D eigenvalue weighted by Crippen LogP contribution is 2.38. The molecule has 1 amide bonds. The molecule has 1 saturated carbocycles. The quantitative estimate of drug-likeness (QED) is 0.860. The van der Waals surface area contributed by atoms with E-state index in [1.165, 1.54) is 4.90 Å². The molecule has 21 heavy (non-hydrogen) atoms. The lowest BCUT2D eigenvalue weighted by Gasteiger charge is -2.28. The number of hydrogen-bond acceptors (Lipinski definition) is 3. The number of hydrogen-bond donors (Lipinski definition) is 2. The predicted molar refractivity (Wildman–Crippen MR) is 90.2 cm³/mol. The molecule has 116 valence electrons. The van der Waals surface area contributed by atoms with Crippen LogP contribution in [0.25, 0.3) is 0 Å². The second-order valence-corrected chi connectivity index (χ2v) is 7.15. The molecule has 1 fully saturated rings. The molecule has 0 spiro atoms. The maximum atomic E-state index is 12.4. The molecule has 0 bridgehead atoms. The van der Waals surface area contributed by atoms with Crippen LogP contribution in [0.3, 0.4) is 0 Å². The summed E-state index contributed by atoms with van der Waals surface area (Å²) in [6, 6.07) is 6.02. The van der Waals surface area contributed by atoms with Crippen LogP contribution in [-0.2, 0) is 4.79 Å². The van der Waals surface area contributed by atoms with Crippen molar-refractivity contribution in [3.05, 3.63) is 28.8 Å². The third-order valence-corrected chi connectivity index (χ3v) is 5.59. The minimum Gasteiger partial charge on any atom is -0.349 e. The van der Waals surface area contributed by atoms with Gasteiger partial charge in [0, 0.05) is 21.7 Å². The Kier molecular flexibility index (Phi) is 5.83. The molecule has 0 saturated heterocycles. The van der Waals surface area contributed by atoms with Gasteiger partial charge in [-0.25, -0.2) is 0 Å². The van der Waals surface area contributed by atoms with Gasteiger partial charge in [0.15, 0.2) is 0 Å². The fraction of sp³-hybridized carbons (Fsp3) is 0.533. The molecule has 3 atom stereocenters. The molecule has 6 heteroatoms. The van der Waals surface area contributed by atoms with E-state index in [2.05, 4.69) is 5.32 Å². The Labute approximate surface area is 140 Å². The molecule has 0 aromatic heterocycles. The summed E-state index contributed by atoms with van der Waals surface area (Å²) < 4.78 is 0. The van der Waals surface area contributed by atoms with E-state index in [0.29, 0.717) is 0 Å². The predicted octanol–water partition coefficient (Wildman–Crippen LogP) is 3.54. The molecule has 1 aliphatic heterocycles. The van der Waals surface area contributed by atoms with Crippen LogP contribution in [0.15, 0.2) is 23.1 Å². The second-order valence-electron chi connectivity index (χ2n) is 5.58. The number of amides is 1. The molecule has 3 rings (SSSR count). The van der Waals surface area contributed by atoms with Crippen molar-refractivity contribution in [2.45, 2.75) is 42.7 Å². The van der Waals surface area contributed by atoms with Crippen LogP contribution < -0.4 is 11.1 Å². The maximum absolute atomic E-state index is 12.4. The lowest BCUT2D eigenvalue weighted by atomic mass is 9.99. The van der Waals surface area contributed by atoms with E-state index in [1.807, 2.05) is 30.0 Å². The van der Waals surface area contributed by atoms with Crippen molar-refractivity contribution in [2.75, 3.05) is 5.75 Å². The summed E-state index contributed by atoms with van der Waals surface area (Å²) in [5.41, 5.74) is 7.16. The smallest absolute Gasteiger partial charge is 0.225 e. The van der Waals surface area contributed by atoms with Crippen LogP contribution in [0.1, 0.15) is 37.3 Å². The van der Waals surface area contributed by atoms with E-state index < -0.39 is 0 Å². The molecule has 3 N–H and O–H groups in total. The number of carbonyl (C=O) groups excluding carboxylic acids is 1. The second kappa shape index (κ2) is 7.23. The van der Waals surface area contributed by atoms with Gasteiger partial charge in [-0.3, -0.25) is 4.79 Å². The van der Waals surface area contributed by atoms with Crippen LogP contribution in [0.5, 0.6) is 0 Å². The number of carbonyl (C=O) groups is 1. The van der Waals surface area contributed by atoms with E-state index in [4.69, 9.17) is 17.3 Å². The van der Waals surface area contributed by atoms with Crippen molar-refractivity contribution in [3.63, 3.8) is 0 Å². The Hall–Kier alpha value is -0.420. The summed E-state index contributed by atoms with van der Waals surface area (Å²) in [5, 5.41) is 3.91. The topological polar surface area (TPSA) is 55.1 Å². The minimum absolute atomic E-state index is 0. The monoisotopic (exact) mass is 346 g/mol. The number of halogens is 2. The van der Waals surface area contributed by atoms with Crippen LogP contribution in [0, 0.1) is 5.92 Å². The normalized spacial score (nSPS) is 27.6. The van der Waals surface area contributed by atoms with E-state index in [9.17, 15) is 4.79 Å². The van der Waals surface area contributed by atoms with Crippen molar-refractivity contribution >= 4 is 41.7 Å². The van der Waals surface area contributed by atoms with Crippen molar-refractivity contribution in [3.8, 4) is 0 Å². The SMILES string of the molecule is Cl.NC1CCCC1C(=O)NC1CCSc2ccc(Cl)cc21. The molecule has 3 nitrogen and oxygen atoms in total. The summed E-state index contributed by atoms with van der Waals surface area (Å²) in [7, 11) is 0. The lowest BCUT2D eigenvalue weighted by Crippen LogP contribution is -2.40. The van der Waals surface area contributed by atoms with Crippen molar-refractivity contribution < 1.29 is 4.79 Å². The Bertz CT molecular complexity index is 526. The summed E-state index contributed by atoms with van der Waals surface area (Å²) in [6.07, 6.45) is 3.88. The van der Waals surface area contributed by atoms with Gasteiger partial charge in [0.2, 0.25) is 5.91 Å². The first kappa shape index (κ1) is 16.9. The third-order valence-electron chi connectivity index (χ3n) is 4.23. The van der Waals surface area contributed by atoms with Crippen molar-refractivity contribution in [1.82, 2.24) is 5.32 Å². The molecule has 1 aromatic carbocycles. The fourth-order valence-corrected chi connectivity index (χ4v) is 4.39. The molecule has 1 aliphatic carbocycles. The Balaban J connectivity index is 0.00000161. The van der Waals surface area contributed by atoms with Gasteiger partial charge in [-0.2, -0.15) is 0 Å². The van der Waals surface area contributed by atoms with Crippen LogP contribution in [0.4, 0.5) is 0 Å². The zero-order valence-corrected chi connectivity index (χ0v) is 14.1. The van der Waals surface area contributed by atoms with E-state index >= 15 is 0 Å². The number of thioether (sulfide) groups is 1. The standard InChI is InChI=1S/C15H19ClN2OS.ClH/c16-9-4-5-14-11(8-9)13(6-7-20-14)18-15(19)10-2-1-3-12(10)17;/h4-5,8,10,12-13H,1-3,6-7,17H2,(H,18,19);1H. The highest BCUT2D eigenvalue weighted by molar-refractivity contribution is 7.99. The van der Waals surface area contributed by atoms with Crippen LogP contribution >= 0.6 is 35.8 Å². The molecular weight excluding hydrogens is 327 g/mol. The van der Waals surface area contributed by atoms with Gasteiger partial charge in [-0.05, 0) is 43.0 Å². The molecule has 3 unspecified atom stereocenters. The van der Waals surface area contributed by atoms with Gasteiger partial charge in [0.25, 0.3) is 0 Å². The first-order valence-electron chi connectivity index (χ1n) is 7.13. The number of fused-ring (bicyclic) bond motifs is 1. The summed E-state index contributed by atoms with van der Waals surface area (Å²) in [5.74, 6) is 1.11. The Morgan fingerprint density at radius 3 is 2.86 bits per heavy atom. The molecule has 1 heterocycles. The maximum Gasteiger partial charge on any atom is 0.225 e. The van der Waals surface area contributed by atoms with Gasteiger partial charge in [-0.1, -0.05) is 18.0 Å². The summed E-state index contributed by atoms with van der Waals surface area (Å²) >= 11 is 7.91. The largest absolute Gasteiger partial charge is 0.349 e. The van der Waals surface area contributed by atoms with Gasteiger partial charge >= 0.3 is 0 Å². The van der Waals surface area contributed by atoms with Crippen molar-refractivity contribution in [1.29, 1.82) is 0 Å². The average Bonchev–Trinajstić information content (AvgIpc) is 2.86. The number of benzene rings is 1. The van der Waals surface area contributed by atoms with Crippen LogP contribution in [-0.4, -0.2) is 17.7 Å². The number of rotatable bonds is 2.